The molecule has 11 rings (SSSR count). The topological polar surface area (TPSA) is 77.3 Å². The summed E-state index contributed by atoms with van der Waals surface area (Å²) >= 11 is 0. The van der Waals surface area contributed by atoms with Gasteiger partial charge < -0.3 is 0 Å². The maximum Gasteiger partial charge on any atom is 0.178 e. The van der Waals surface area contributed by atoms with E-state index in [1.807, 2.05) is 6.07 Å². The Labute approximate surface area is 321 Å². The van der Waals surface area contributed by atoms with E-state index in [-0.39, 0.29) is 0 Å². The summed E-state index contributed by atoms with van der Waals surface area (Å²) in [6, 6.07) is 59.0. The third-order valence-electron chi connectivity index (χ3n) is 10.6. The highest BCUT2D eigenvalue weighted by molar-refractivity contribution is 6.04. The highest BCUT2D eigenvalue weighted by Gasteiger charge is 2.12. The van der Waals surface area contributed by atoms with Gasteiger partial charge in [-0.15, -0.1) is 0 Å². The van der Waals surface area contributed by atoms with Crippen LogP contribution in [-0.4, -0.2) is 29.9 Å². The van der Waals surface area contributed by atoms with Crippen LogP contribution in [0.5, 0.6) is 0 Å². The van der Waals surface area contributed by atoms with E-state index >= 15 is 0 Å². The quantitative estimate of drug-likeness (QED) is 0.165. The smallest absolute Gasteiger partial charge is 0.178 e. The summed E-state index contributed by atoms with van der Waals surface area (Å²) < 4.78 is 0. The van der Waals surface area contributed by atoms with E-state index in [9.17, 15) is 0 Å². The molecule has 0 aliphatic carbocycles. The molecule has 6 heteroatoms. The maximum atomic E-state index is 5.20. The molecule has 0 bridgehead atoms. The molecule has 0 saturated carbocycles. The molecule has 6 aromatic carbocycles. The van der Waals surface area contributed by atoms with Crippen molar-refractivity contribution in [1.29, 1.82) is 0 Å². The number of hydrogen-bond donors (Lipinski definition) is 0. The number of pyridine rings is 4. The Hall–Kier alpha value is -7.70. The summed E-state index contributed by atoms with van der Waals surface area (Å²) in [6.07, 6.45) is 3.46. The van der Waals surface area contributed by atoms with Crippen LogP contribution in [0.1, 0.15) is 0 Å². The van der Waals surface area contributed by atoms with E-state index in [0.29, 0.717) is 5.82 Å². The van der Waals surface area contributed by atoms with Gasteiger partial charge in [0.05, 0.1) is 39.1 Å². The Morgan fingerprint density at radius 1 is 0.268 bits per heavy atom. The molecule has 56 heavy (non-hydrogen) atoms. The van der Waals surface area contributed by atoms with Crippen LogP contribution in [0, 0.1) is 0 Å². The molecule has 0 unspecified atom stereocenters. The van der Waals surface area contributed by atoms with Gasteiger partial charge >= 0.3 is 0 Å². The second kappa shape index (κ2) is 13.0. The van der Waals surface area contributed by atoms with Gasteiger partial charge in [0.15, 0.2) is 5.82 Å². The molecule has 0 fully saturated rings. The normalized spacial score (nSPS) is 11.6. The molecule has 5 aromatic heterocycles. The molecule has 6 nitrogen and oxygen atoms in total. The van der Waals surface area contributed by atoms with Gasteiger partial charge in [-0.05, 0) is 70.4 Å². The molecule has 0 saturated heterocycles. The Morgan fingerprint density at radius 2 is 0.714 bits per heavy atom. The predicted octanol–water partition coefficient (Wildman–Crippen LogP) is 12.2. The molecule has 0 aliphatic rings. The predicted molar refractivity (Wildman–Crippen MR) is 228 cm³/mol. The maximum absolute atomic E-state index is 5.20. The zero-order valence-electron chi connectivity index (χ0n) is 30.0. The standard InChI is InChI=1S/C50H30N6/c1-2-5-38-28-40(16-8-31(38)4-1)44-24-21-37-14-13-36-20-23-42(55-48(36)49(37)56-44)33-9-6-32(7-10-33)39-15-11-34-18-22-43(53-46(34)29-39)41-17-12-35-19-25-45(54-47(35)30-41)50-51-26-3-27-52-50/h1-30H. The van der Waals surface area contributed by atoms with Crippen LogP contribution in [-0.2, 0) is 0 Å². The lowest BCUT2D eigenvalue weighted by Gasteiger charge is -2.10. The Balaban J connectivity index is 0.904. The molecule has 11 aromatic rings. The molecule has 0 atom stereocenters. The molecule has 5 heterocycles. The van der Waals surface area contributed by atoms with Crippen molar-refractivity contribution in [3.8, 4) is 56.4 Å². The summed E-state index contributed by atoms with van der Waals surface area (Å²) in [4.78, 5) is 29.1. The minimum atomic E-state index is 0.607. The number of rotatable bonds is 5. The first-order chi connectivity index (χ1) is 27.7. The highest BCUT2D eigenvalue weighted by Crippen LogP contribution is 2.32. The van der Waals surface area contributed by atoms with E-state index in [4.69, 9.17) is 19.9 Å². The lowest BCUT2D eigenvalue weighted by Crippen LogP contribution is -1.92. The van der Waals surface area contributed by atoms with Crippen molar-refractivity contribution in [2.24, 2.45) is 0 Å². The molecule has 0 spiro atoms. The molecular formula is C50H30N6. The largest absolute Gasteiger partial charge is 0.248 e. The fraction of sp³-hybridized carbons (Fsp3) is 0. The van der Waals surface area contributed by atoms with Crippen molar-refractivity contribution in [1.82, 2.24) is 29.9 Å². The summed E-state index contributed by atoms with van der Waals surface area (Å²) in [5.41, 5.74) is 12.4. The van der Waals surface area contributed by atoms with E-state index in [2.05, 4.69) is 168 Å². The molecular weight excluding hydrogens is 685 g/mol. The molecule has 0 radical (unpaired) electrons. The summed E-state index contributed by atoms with van der Waals surface area (Å²) in [5.74, 6) is 0.607. The summed E-state index contributed by atoms with van der Waals surface area (Å²) in [5, 5.41) is 6.69. The monoisotopic (exact) mass is 714 g/mol. The average molecular weight is 715 g/mol. The van der Waals surface area contributed by atoms with Crippen LogP contribution in [0.3, 0.4) is 0 Å². The van der Waals surface area contributed by atoms with E-state index in [1.165, 1.54) is 10.8 Å². The van der Waals surface area contributed by atoms with Gasteiger partial charge in [0.25, 0.3) is 0 Å². The number of aromatic nitrogens is 6. The Morgan fingerprint density at radius 3 is 1.41 bits per heavy atom. The van der Waals surface area contributed by atoms with E-state index < -0.39 is 0 Å². The third kappa shape index (κ3) is 5.68. The van der Waals surface area contributed by atoms with Crippen molar-refractivity contribution >= 4 is 54.4 Å². The lowest BCUT2D eigenvalue weighted by molar-refractivity contribution is 1.15. The number of nitrogens with zero attached hydrogens (tertiary/aromatic N) is 6. The first kappa shape index (κ1) is 31.8. The highest BCUT2D eigenvalue weighted by atomic mass is 14.9. The first-order valence-electron chi connectivity index (χ1n) is 18.6. The molecule has 260 valence electrons. The number of hydrogen-bond acceptors (Lipinski definition) is 6. The lowest BCUT2D eigenvalue weighted by atomic mass is 10.00. The first-order valence-corrected chi connectivity index (χ1v) is 18.6. The van der Waals surface area contributed by atoms with Crippen LogP contribution in [0.15, 0.2) is 182 Å². The van der Waals surface area contributed by atoms with Gasteiger partial charge in [0, 0.05) is 50.6 Å². The second-order valence-corrected chi connectivity index (χ2v) is 14.0. The van der Waals surface area contributed by atoms with E-state index in [1.54, 1.807) is 18.5 Å². The SMILES string of the molecule is c1cnc(-c2ccc3ccc(-c4ccc5ccc(-c6ccc(-c7ccc8ccc9ccc(-c%10ccc%11ccccc%11c%10)nc9c8n7)cc6)cc5n4)cc3n2)nc1. The Bertz CT molecular complexity index is 3310. The minimum Gasteiger partial charge on any atom is -0.248 e. The average Bonchev–Trinajstić information content (AvgIpc) is 3.28. The van der Waals surface area contributed by atoms with Crippen molar-refractivity contribution in [2.75, 3.05) is 0 Å². The van der Waals surface area contributed by atoms with Crippen molar-refractivity contribution in [2.45, 2.75) is 0 Å². The van der Waals surface area contributed by atoms with Gasteiger partial charge in [-0.25, -0.2) is 29.9 Å². The fourth-order valence-corrected chi connectivity index (χ4v) is 7.56. The summed E-state index contributed by atoms with van der Waals surface area (Å²) in [7, 11) is 0. The van der Waals surface area contributed by atoms with Gasteiger partial charge in [0.2, 0.25) is 0 Å². The van der Waals surface area contributed by atoms with E-state index in [0.717, 1.165) is 94.2 Å². The van der Waals surface area contributed by atoms with Crippen LogP contribution in [0.4, 0.5) is 0 Å². The van der Waals surface area contributed by atoms with Crippen molar-refractivity contribution in [3.63, 3.8) is 0 Å². The zero-order valence-corrected chi connectivity index (χ0v) is 30.0. The van der Waals surface area contributed by atoms with Gasteiger partial charge in [-0.1, -0.05) is 121 Å². The van der Waals surface area contributed by atoms with Crippen LogP contribution < -0.4 is 0 Å². The molecule has 0 N–H and O–H groups in total. The number of fused-ring (bicyclic) bond motifs is 6. The number of benzene rings is 6. The van der Waals surface area contributed by atoms with Crippen molar-refractivity contribution < 1.29 is 0 Å². The fourth-order valence-electron chi connectivity index (χ4n) is 7.56. The second-order valence-electron chi connectivity index (χ2n) is 14.0. The summed E-state index contributed by atoms with van der Waals surface area (Å²) in [6.45, 7) is 0. The van der Waals surface area contributed by atoms with Crippen LogP contribution in [0.2, 0.25) is 0 Å². The van der Waals surface area contributed by atoms with Gasteiger partial charge in [-0.3, -0.25) is 0 Å². The molecule has 0 aliphatic heterocycles. The van der Waals surface area contributed by atoms with Crippen LogP contribution in [0.25, 0.3) is 111 Å². The van der Waals surface area contributed by atoms with Crippen LogP contribution >= 0.6 is 0 Å². The van der Waals surface area contributed by atoms with Gasteiger partial charge in [-0.2, -0.15) is 0 Å². The Kier molecular flexibility index (Phi) is 7.38. The third-order valence-corrected chi connectivity index (χ3v) is 10.6. The van der Waals surface area contributed by atoms with Crippen molar-refractivity contribution in [3.05, 3.63) is 182 Å². The molecule has 0 amide bonds. The van der Waals surface area contributed by atoms with Gasteiger partial charge in [0.1, 0.15) is 5.69 Å². The minimum absolute atomic E-state index is 0.607. The zero-order chi connectivity index (χ0) is 37.0.